The third-order valence-electron chi connectivity index (χ3n) is 5.52. The van der Waals surface area contributed by atoms with E-state index in [1.165, 1.54) is 12.1 Å². The van der Waals surface area contributed by atoms with E-state index in [0.29, 0.717) is 27.8 Å². The predicted molar refractivity (Wildman–Crippen MR) is 154 cm³/mol. The van der Waals surface area contributed by atoms with Crippen LogP contribution in [-0.4, -0.2) is 28.1 Å². The van der Waals surface area contributed by atoms with Crippen LogP contribution in [0.4, 0.5) is 0 Å². The van der Waals surface area contributed by atoms with Gasteiger partial charge in [0.15, 0.2) is 0 Å². The lowest BCUT2D eigenvalue weighted by atomic mass is 10.1. The van der Waals surface area contributed by atoms with Gasteiger partial charge in [0.05, 0.1) is 16.3 Å². The lowest BCUT2D eigenvalue weighted by molar-refractivity contribution is -0.117. The van der Waals surface area contributed by atoms with Gasteiger partial charge in [0.1, 0.15) is 11.4 Å². The zero-order valence-electron chi connectivity index (χ0n) is 20.7. The van der Waals surface area contributed by atoms with Crippen LogP contribution in [0.3, 0.4) is 0 Å². The van der Waals surface area contributed by atoms with Crippen molar-refractivity contribution < 1.29 is 9.59 Å². The average molecular weight is 568 g/mol. The number of hydrogen-bond donors (Lipinski definition) is 2. The standard InChI is InChI=1S/C29H25Cl3N4O2/c1-18(2)16-33-29(38)26(34-28(37)24-13-12-22(31)15-25(24)32)14-20-17-36(23-6-4-3-5-7-23)35-27(20)19-8-10-21(30)11-9-19/h3-15,17-18H,16H2,1-2H3,(H,33,38)(H,34,37)/b26-14-. The second-order valence-electron chi connectivity index (χ2n) is 8.96. The third-order valence-corrected chi connectivity index (χ3v) is 6.32. The van der Waals surface area contributed by atoms with Gasteiger partial charge in [-0.15, -0.1) is 0 Å². The summed E-state index contributed by atoms with van der Waals surface area (Å²) >= 11 is 18.3. The van der Waals surface area contributed by atoms with Gasteiger partial charge in [-0.1, -0.05) is 79.0 Å². The van der Waals surface area contributed by atoms with Gasteiger partial charge in [-0.2, -0.15) is 5.10 Å². The van der Waals surface area contributed by atoms with E-state index in [-0.39, 0.29) is 22.2 Å². The van der Waals surface area contributed by atoms with E-state index in [4.69, 9.17) is 39.9 Å². The van der Waals surface area contributed by atoms with Gasteiger partial charge in [0.25, 0.3) is 11.8 Å². The van der Waals surface area contributed by atoms with Crippen LogP contribution in [-0.2, 0) is 4.79 Å². The van der Waals surface area contributed by atoms with Crippen LogP contribution >= 0.6 is 34.8 Å². The van der Waals surface area contributed by atoms with Crippen LogP contribution in [0.25, 0.3) is 23.0 Å². The monoisotopic (exact) mass is 566 g/mol. The summed E-state index contributed by atoms with van der Waals surface area (Å²) in [7, 11) is 0. The van der Waals surface area contributed by atoms with Crippen molar-refractivity contribution in [3.63, 3.8) is 0 Å². The lowest BCUT2D eigenvalue weighted by Crippen LogP contribution is -2.36. The Kier molecular flexibility index (Phi) is 8.89. The Hall–Kier alpha value is -3.58. The topological polar surface area (TPSA) is 76.0 Å². The van der Waals surface area contributed by atoms with Crippen molar-refractivity contribution in [2.45, 2.75) is 13.8 Å². The summed E-state index contributed by atoms with van der Waals surface area (Å²) in [5, 5.41) is 11.5. The molecule has 38 heavy (non-hydrogen) atoms. The maximum absolute atomic E-state index is 13.2. The summed E-state index contributed by atoms with van der Waals surface area (Å²) < 4.78 is 1.72. The Morgan fingerprint density at radius 1 is 0.947 bits per heavy atom. The highest BCUT2D eigenvalue weighted by molar-refractivity contribution is 6.36. The molecule has 6 nitrogen and oxygen atoms in total. The molecule has 0 unspecified atom stereocenters. The Morgan fingerprint density at radius 3 is 2.29 bits per heavy atom. The van der Waals surface area contributed by atoms with Gasteiger partial charge in [-0.25, -0.2) is 4.68 Å². The Balaban J connectivity index is 1.80. The van der Waals surface area contributed by atoms with E-state index >= 15 is 0 Å². The van der Waals surface area contributed by atoms with Gasteiger partial charge in [0, 0.05) is 33.9 Å². The van der Waals surface area contributed by atoms with E-state index in [9.17, 15) is 9.59 Å². The van der Waals surface area contributed by atoms with Crippen molar-refractivity contribution in [3.05, 3.63) is 111 Å². The van der Waals surface area contributed by atoms with E-state index in [1.807, 2.05) is 56.3 Å². The van der Waals surface area contributed by atoms with E-state index in [0.717, 1.165) is 11.3 Å². The molecule has 0 bridgehead atoms. The smallest absolute Gasteiger partial charge is 0.267 e. The van der Waals surface area contributed by atoms with Crippen molar-refractivity contribution in [1.29, 1.82) is 0 Å². The van der Waals surface area contributed by atoms with Crippen molar-refractivity contribution >= 4 is 52.7 Å². The summed E-state index contributed by atoms with van der Waals surface area (Å²) in [6, 6.07) is 21.4. The largest absolute Gasteiger partial charge is 0.351 e. The van der Waals surface area contributed by atoms with E-state index in [1.54, 1.807) is 35.2 Å². The molecule has 9 heteroatoms. The number of nitrogens with zero attached hydrogens (tertiary/aromatic N) is 2. The maximum Gasteiger partial charge on any atom is 0.267 e. The first-order valence-corrected chi connectivity index (χ1v) is 13.0. The fourth-order valence-electron chi connectivity index (χ4n) is 3.61. The number of amides is 2. The molecule has 0 aliphatic heterocycles. The van der Waals surface area contributed by atoms with Gasteiger partial charge in [-0.3, -0.25) is 9.59 Å². The molecular formula is C29H25Cl3N4O2. The lowest BCUT2D eigenvalue weighted by Gasteiger charge is -2.13. The minimum Gasteiger partial charge on any atom is -0.351 e. The molecule has 0 fully saturated rings. The summed E-state index contributed by atoms with van der Waals surface area (Å²) in [5.74, 6) is -0.764. The molecule has 0 atom stereocenters. The summed E-state index contributed by atoms with van der Waals surface area (Å²) in [6.45, 7) is 4.40. The molecule has 0 saturated heterocycles. The summed E-state index contributed by atoms with van der Waals surface area (Å²) in [5.41, 5.74) is 3.10. The molecule has 3 aromatic carbocycles. The molecule has 2 amide bonds. The minimum atomic E-state index is -0.541. The number of halogens is 3. The number of benzene rings is 3. The molecule has 1 aromatic heterocycles. The van der Waals surface area contributed by atoms with Crippen LogP contribution < -0.4 is 10.6 Å². The van der Waals surface area contributed by atoms with Crippen LogP contribution in [0.2, 0.25) is 15.1 Å². The number of nitrogens with one attached hydrogen (secondary N) is 2. The zero-order chi connectivity index (χ0) is 27.2. The molecule has 0 aliphatic carbocycles. The van der Waals surface area contributed by atoms with E-state index < -0.39 is 11.8 Å². The molecule has 4 rings (SSSR count). The highest BCUT2D eigenvalue weighted by Gasteiger charge is 2.19. The van der Waals surface area contributed by atoms with Crippen LogP contribution in [0.5, 0.6) is 0 Å². The first-order valence-electron chi connectivity index (χ1n) is 11.9. The minimum absolute atomic E-state index is 0.0458. The van der Waals surface area contributed by atoms with Crippen molar-refractivity contribution in [3.8, 4) is 16.9 Å². The summed E-state index contributed by atoms with van der Waals surface area (Å²) in [4.78, 5) is 26.4. The molecule has 1 heterocycles. The molecular weight excluding hydrogens is 543 g/mol. The fourth-order valence-corrected chi connectivity index (χ4v) is 4.23. The maximum atomic E-state index is 13.2. The zero-order valence-corrected chi connectivity index (χ0v) is 23.0. The van der Waals surface area contributed by atoms with Crippen molar-refractivity contribution in [1.82, 2.24) is 20.4 Å². The second-order valence-corrected chi connectivity index (χ2v) is 10.2. The van der Waals surface area contributed by atoms with E-state index in [2.05, 4.69) is 10.6 Å². The van der Waals surface area contributed by atoms with Crippen LogP contribution in [0, 0.1) is 5.92 Å². The molecule has 4 aromatic rings. The molecule has 194 valence electrons. The molecule has 0 radical (unpaired) electrons. The highest BCUT2D eigenvalue weighted by Crippen LogP contribution is 2.27. The first-order chi connectivity index (χ1) is 18.2. The SMILES string of the molecule is CC(C)CNC(=O)/C(=C/c1cn(-c2ccccc2)nc1-c1ccc(Cl)cc1)NC(=O)c1ccc(Cl)cc1Cl. The first kappa shape index (κ1) is 27.5. The summed E-state index contributed by atoms with van der Waals surface area (Å²) in [6.07, 6.45) is 3.41. The average Bonchev–Trinajstić information content (AvgIpc) is 3.31. The number of aromatic nitrogens is 2. The fraction of sp³-hybridized carbons (Fsp3) is 0.138. The number of carbonyl (C=O) groups is 2. The van der Waals surface area contributed by atoms with Crippen molar-refractivity contribution in [2.75, 3.05) is 6.54 Å². The highest BCUT2D eigenvalue weighted by atomic mass is 35.5. The molecule has 0 aliphatic rings. The second kappa shape index (κ2) is 12.3. The predicted octanol–water partition coefficient (Wildman–Crippen LogP) is 7.04. The number of carbonyl (C=O) groups excluding carboxylic acids is 2. The van der Waals surface area contributed by atoms with Gasteiger partial charge in [0.2, 0.25) is 0 Å². The van der Waals surface area contributed by atoms with Gasteiger partial charge in [-0.05, 0) is 54.5 Å². The number of rotatable bonds is 8. The van der Waals surface area contributed by atoms with Gasteiger partial charge >= 0.3 is 0 Å². The normalized spacial score (nSPS) is 11.5. The number of hydrogen-bond acceptors (Lipinski definition) is 3. The van der Waals surface area contributed by atoms with Crippen molar-refractivity contribution in [2.24, 2.45) is 5.92 Å². The third kappa shape index (κ3) is 6.84. The Bertz CT molecular complexity index is 1480. The van der Waals surface area contributed by atoms with Crippen LogP contribution in [0.1, 0.15) is 29.8 Å². The molecule has 2 N–H and O–H groups in total. The van der Waals surface area contributed by atoms with Crippen LogP contribution in [0.15, 0.2) is 84.7 Å². The Morgan fingerprint density at radius 2 is 1.63 bits per heavy atom. The molecule has 0 spiro atoms. The number of para-hydroxylation sites is 1. The van der Waals surface area contributed by atoms with Gasteiger partial charge < -0.3 is 10.6 Å². The quantitative estimate of drug-likeness (QED) is 0.224. The molecule has 0 saturated carbocycles. The Labute approximate surface area is 236 Å².